The molecule has 1 aliphatic carbocycles. The van der Waals surface area contributed by atoms with Crippen LogP contribution >= 0.6 is 0 Å². The number of nitrogens with one attached hydrogen (secondary N) is 1. The number of rotatable bonds is 7. The van der Waals surface area contributed by atoms with E-state index in [2.05, 4.69) is 12.2 Å². The van der Waals surface area contributed by atoms with Crippen molar-refractivity contribution in [3.8, 4) is 0 Å². The van der Waals surface area contributed by atoms with Gasteiger partial charge in [-0.1, -0.05) is 19.3 Å². The summed E-state index contributed by atoms with van der Waals surface area (Å²) < 4.78 is 99.1. The predicted molar refractivity (Wildman–Crippen MR) is 160 cm³/mol. The molecule has 14 heteroatoms. The maximum atomic E-state index is 13.5. The van der Waals surface area contributed by atoms with Crippen molar-refractivity contribution in [2.24, 2.45) is 5.92 Å². The van der Waals surface area contributed by atoms with Gasteiger partial charge in [0.05, 0.1) is 35.4 Å². The van der Waals surface area contributed by atoms with E-state index in [1.54, 1.807) is 6.20 Å². The summed E-state index contributed by atoms with van der Waals surface area (Å²) >= 11 is 0. The number of aromatic nitrogens is 1. The molecule has 2 aromatic rings. The molecule has 2 saturated heterocycles. The Bertz CT molecular complexity index is 1410. The fourth-order valence-corrected chi connectivity index (χ4v) is 6.32. The van der Waals surface area contributed by atoms with Crippen molar-refractivity contribution in [1.82, 2.24) is 9.88 Å². The van der Waals surface area contributed by atoms with Gasteiger partial charge in [0, 0.05) is 23.3 Å². The summed E-state index contributed by atoms with van der Waals surface area (Å²) in [4.78, 5) is 19.1. The van der Waals surface area contributed by atoms with Crippen LogP contribution in [0.3, 0.4) is 0 Å². The highest BCUT2D eigenvalue weighted by molar-refractivity contribution is 6.62. The standard InChI is InChI=1S/C32H40BF6N3O4/c1-18-24(16-42-17-26(44-28(42)43)21-12-22(31(34,35)36)14-23(13-21)32(37,38)39)27(41-19(2)20-10-8-7-9-11-20)40-15-25(18)33-45-29(3,4)30(5,6)46-33/h12-15,19-20,26H,7-11,16-17H2,1-6H3,(H,40,41). The molecule has 46 heavy (non-hydrogen) atoms. The minimum Gasteiger partial charge on any atom is -0.439 e. The molecule has 1 aromatic carbocycles. The zero-order valence-corrected chi connectivity index (χ0v) is 26.9. The normalized spacial score (nSPS) is 22.7. The van der Waals surface area contributed by atoms with Gasteiger partial charge in [-0.15, -0.1) is 0 Å². The van der Waals surface area contributed by atoms with Gasteiger partial charge >= 0.3 is 25.6 Å². The van der Waals surface area contributed by atoms with E-state index in [-0.39, 0.29) is 30.8 Å². The lowest BCUT2D eigenvalue weighted by molar-refractivity contribution is -0.143. The second kappa shape index (κ2) is 12.2. The quantitative estimate of drug-likeness (QED) is 0.243. The zero-order chi connectivity index (χ0) is 33.8. The van der Waals surface area contributed by atoms with Gasteiger partial charge in [0.25, 0.3) is 0 Å². The Labute approximate surface area is 265 Å². The van der Waals surface area contributed by atoms with E-state index in [1.807, 2.05) is 34.6 Å². The smallest absolute Gasteiger partial charge is 0.439 e. The fourth-order valence-electron chi connectivity index (χ4n) is 6.32. The maximum Gasteiger partial charge on any atom is 0.496 e. The summed E-state index contributed by atoms with van der Waals surface area (Å²) in [5.41, 5.74) is -2.54. The van der Waals surface area contributed by atoms with Crippen LogP contribution in [0.15, 0.2) is 24.4 Å². The average molecular weight is 655 g/mol. The molecule has 3 fully saturated rings. The predicted octanol–water partition coefficient (Wildman–Crippen LogP) is 7.80. The topological polar surface area (TPSA) is 72.9 Å². The molecule has 252 valence electrons. The Kier molecular flexibility index (Phi) is 9.13. The molecule has 1 N–H and O–H groups in total. The van der Waals surface area contributed by atoms with E-state index in [0.29, 0.717) is 34.9 Å². The maximum absolute atomic E-state index is 13.5. The largest absolute Gasteiger partial charge is 0.496 e. The van der Waals surface area contributed by atoms with Gasteiger partial charge < -0.3 is 19.4 Å². The van der Waals surface area contributed by atoms with Crippen LogP contribution in [0.25, 0.3) is 0 Å². The van der Waals surface area contributed by atoms with Crippen molar-refractivity contribution < 1.29 is 45.2 Å². The molecule has 1 aromatic heterocycles. The van der Waals surface area contributed by atoms with Crippen molar-refractivity contribution in [2.75, 3.05) is 11.9 Å². The second-order valence-corrected chi connectivity index (χ2v) is 13.7. The lowest BCUT2D eigenvalue weighted by Crippen LogP contribution is -2.41. The van der Waals surface area contributed by atoms with Crippen LogP contribution in [0.5, 0.6) is 0 Å². The van der Waals surface area contributed by atoms with Crippen molar-refractivity contribution in [2.45, 2.75) is 116 Å². The first kappa shape index (κ1) is 34.3. The Morgan fingerprint density at radius 3 is 2.09 bits per heavy atom. The molecular formula is C32H40BF6N3O4. The number of hydrogen-bond donors (Lipinski definition) is 1. The first-order valence-corrected chi connectivity index (χ1v) is 15.6. The zero-order valence-electron chi connectivity index (χ0n) is 26.9. The number of hydrogen-bond acceptors (Lipinski definition) is 6. The van der Waals surface area contributed by atoms with Crippen molar-refractivity contribution >= 4 is 24.5 Å². The van der Waals surface area contributed by atoms with Crippen molar-refractivity contribution in [3.05, 3.63) is 52.2 Å². The van der Waals surface area contributed by atoms with Crippen molar-refractivity contribution in [3.63, 3.8) is 0 Å². The van der Waals surface area contributed by atoms with Gasteiger partial charge in [-0.25, -0.2) is 9.78 Å². The molecule has 0 radical (unpaired) electrons. The number of benzene rings is 1. The van der Waals surface area contributed by atoms with E-state index in [9.17, 15) is 31.1 Å². The SMILES string of the molecule is Cc1c(B2OC(C)(C)C(C)(C)O2)cnc(NC(C)C2CCCCC2)c1CN1CC(c2cc(C(F)(F)F)cc(C(F)(F)F)c2)OC1=O. The highest BCUT2D eigenvalue weighted by atomic mass is 19.4. The minimum absolute atomic E-state index is 0.0493. The van der Waals surface area contributed by atoms with Gasteiger partial charge in [0.1, 0.15) is 11.9 Å². The van der Waals surface area contributed by atoms with Gasteiger partial charge in [-0.2, -0.15) is 26.3 Å². The molecular weight excluding hydrogens is 615 g/mol. The summed E-state index contributed by atoms with van der Waals surface area (Å²) in [5.74, 6) is 0.960. The van der Waals surface area contributed by atoms with E-state index < -0.39 is 54.0 Å². The first-order valence-electron chi connectivity index (χ1n) is 15.6. The number of carbonyl (C=O) groups is 1. The molecule has 2 aliphatic heterocycles. The molecule has 2 atom stereocenters. The number of anilines is 1. The van der Waals surface area contributed by atoms with Gasteiger partial charge in [0.15, 0.2) is 0 Å². The number of nitrogens with zero attached hydrogens (tertiary/aromatic N) is 2. The third kappa shape index (κ3) is 6.97. The third-order valence-corrected chi connectivity index (χ3v) is 9.95. The monoisotopic (exact) mass is 655 g/mol. The number of alkyl halides is 6. The molecule has 0 bridgehead atoms. The van der Waals surface area contributed by atoms with Crippen LogP contribution in [-0.4, -0.2) is 46.9 Å². The molecule has 3 aliphatic rings. The number of cyclic esters (lactones) is 1. The number of halogens is 6. The molecule has 0 spiro atoms. The highest BCUT2D eigenvalue weighted by Crippen LogP contribution is 2.40. The van der Waals surface area contributed by atoms with Crippen molar-refractivity contribution in [1.29, 1.82) is 0 Å². The molecule has 1 amide bonds. The molecule has 1 saturated carbocycles. The van der Waals surface area contributed by atoms with E-state index >= 15 is 0 Å². The Hall–Kier alpha value is -3.00. The summed E-state index contributed by atoms with van der Waals surface area (Å²) in [5, 5.41) is 3.53. The minimum atomic E-state index is -5.02. The summed E-state index contributed by atoms with van der Waals surface area (Å²) in [6.07, 6.45) is -4.93. The van der Waals surface area contributed by atoms with E-state index in [1.165, 1.54) is 11.3 Å². The van der Waals surface area contributed by atoms with Crippen LogP contribution in [0.4, 0.5) is 37.0 Å². The van der Waals surface area contributed by atoms with Gasteiger partial charge in [0.2, 0.25) is 0 Å². The molecule has 3 heterocycles. The van der Waals surface area contributed by atoms with E-state index in [4.69, 9.17) is 19.0 Å². The Balaban J connectivity index is 1.47. The fraction of sp³-hybridized carbons (Fsp3) is 0.625. The number of pyridine rings is 1. The summed E-state index contributed by atoms with van der Waals surface area (Å²) in [7, 11) is -0.745. The Morgan fingerprint density at radius 2 is 1.54 bits per heavy atom. The van der Waals surface area contributed by atoms with E-state index in [0.717, 1.165) is 31.2 Å². The lowest BCUT2D eigenvalue weighted by Gasteiger charge is -2.32. The average Bonchev–Trinajstić information content (AvgIpc) is 3.43. The van der Waals surface area contributed by atoms with Crippen LogP contribution in [-0.2, 0) is 32.9 Å². The van der Waals surface area contributed by atoms with Crippen LogP contribution < -0.4 is 10.8 Å². The number of amides is 1. The lowest BCUT2D eigenvalue weighted by atomic mass is 9.76. The first-order chi connectivity index (χ1) is 21.3. The highest BCUT2D eigenvalue weighted by Gasteiger charge is 2.52. The van der Waals surface area contributed by atoms with Crippen LogP contribution in [0.2, 0.25) is 0 Å². The Morgan fingerprint density at radius 1 is 0.978 bits per heavy atom. The van der Waals surface area contributed by atoms with Crippen LogP contribution in [0.1, 0.15) is 101 Å². The summed E-state index contributed by atoms with van der Waals surface area (Å²) in [6, 6.07) is 1.32. The second-order valence-electron chi connectivity index (χ2n) is 13.7. The molecule has 2 unspecified atom stereocenters. The van der Waals surface area contributed by atoms with Gasteiger partial charge in [-0.05, 0) is 89.6 Å². The van der Waals surface area contributed by atoms with Gasteiger partial charge in [-0.3, -0.25) is 4.90 Å². The number of ether oxygens (including phenoxy) is 1. The summed E-state index contributed by atoms with van der Waals surface area (Å²) in [6.45, 7) is 11.4. The van der Waals surface area contributed by atoms with Crippen LogP contribution in [0, 0.1) is 12.8 Å². The molecule has 5 rings (SSSR count). The number of carbonyl (C=O) groups excluding carboxylic acids is 1. The molecule has 7 nitrogen and oxygen atoms in total. The third-order valence-electron chi connectivity index (χ3n) is 9.95.